The lowest BCUT2D eigenvalue weighted by Gasteiger charge is -1.95. The largest absolute Gasteiger partial charge is 0.263 e. The predicted octanol–water partition coefficient (Wildman–Crippen LogP) is 1.96. The van der Waals surface area contributed by atoms with Gasteiger partial charge >= 0.3 is 0 Å². The van der Waals surface area contributed by atoms with Crippen LogP contribution in [0.15, 0.2) is 23.2 Å². The van der Waals surface area contributed by atoms with E-state index in [0.29, 0.717) is 5.15 Å². The molecule has 54 valence electrons. The van der Waals surface area contributed by atoms with E-state index in [-0.39, 0.29) is 0 Å². The first kappa shape index (κ1) is 7.85. The number of hydrogen-bond acceptors (Lipinski definition) is 3. The van der Waals surface area contributed by atoms with Crippen molar-refractivity contribution in [2.45, 2.75) is 4.90 Å². The van der Waals surface area contributed by atoms with Crippen LogP contribution in [0.4, 0.5) is 0 Å². The van der Waals surface area contributed by atoms with Gasteiger partial charge in [-0.3, -0.25) is 4.72 Å². The third-order valence-corrected chi connectivity index (χ3v) is 1.83. The van der Waals surface area contributed by atoms with Crippen LogP contribution in [0.5, 0.6) is 0 Å². The number of rotatable bonds is 2. The van der Waals surface area contributed by atoms with Gasteiger partial charge in [0.2, 0.25) is 0 Å². The lowest BCUT2D eigenvalue weighted by molar-refractivity contribution is 1.21. The number of halogens is 1. The molecular weight excluding hydrogens is 168 g/mol. The second-order valence-electron chi connectivity index (χ2n) is 1.62. The number of aromatic nitrogens is 1. The van der Waals surface area contributed by atoms with E-state index in [1.54, 1.807) is 12.3 Å². The SMILES string of the molecule is CNSc1ccc(Cl)nc1. The van der Waals surface area contributed by atoms with Gasteiger partial charge in [-0.05, 0) is 31.1 Å². The Labute approximate surface area is 69.1 Å². The zero-order valence-corrected chi connectivity index (χ0v) is 7.04. The molecule has 1 aromatic rings. The van der Waals surface area contributed by atoms with Crippen LogP contribution in [0.2, 0.25) is 5.15 Å². The van der Waals surface area contributed by atoms with Crippen molar-refractivity contribution in [3.8, 4) is 0 Å². The molecule has 0 unspecified atom stereocenters. The van der Waals surface area contributed by atoms with E-state index >= 15 is 0 Å². The smallest absolute Gasteiger partial charge is 0.129 e. The third kappa shape index (κ3) is 2.17. The van der Waals surface area contributed by atoms with E-state index in [9.17, 15) is 0 Å². The molecule has 1 N–H and O–H groups in total. The topological polar surface area (TPSA) is 24.9 Å². The predicted molar refractivity (Wildman–Crippen MR) is 44.2 cm³/mol. The van der Waals surface area contributed by atoms with Crippen LogP contribution < -0.4 is 4.72 Å². The van der Waals surface area contributed by atoms with Crippen molar-refractivity contribution in [1.82, 2.24) is 9.71 Å². The van der Waals surface area contributed by atoms with E-state index in [4.69, 9.17) is 11.6 Å². The Bertz CT molecular complexity index is 199. The lowest BCUT2D eigenvalue weighted by Crippen LogP contribution is -1.90. The van der Waals surface area contributed by atoms with E-state index in [0.717, 1.165) is 4.90 Å². The summed E-state index contributed by atoms with van der Waals surface area (Å²) in [7, 11) is 1.86. The van der Waals surface area contributed by atoms with Gasteiger partial charge in [-0.15, -0.1) is 0 Å². The van der Waals surface area contributed by atoms with Gasteiger partial charge in [-0.1, -0.05) is 11.6 Å². The highest BCUT2D eigenvalue weighted by Crippen LogP contribution is 2.13. The van der Waals surface area contributed by atoms with Crippen LogP contribution in [0, 0.1) is 0 Å². The molecule has 0 atom stereocenters. The molecule has 0 aromatic carbocycles. The molecule has 0 bridgehead atoms. The Morgan fingerprint density at radius 3 is 2.90 bits per heavy atom. The first-order valence-electron chi connectivity index (χ1n) is 2.78. The van der Waals surface area contributed by atoms with Gasteiger partial charge in [0, 0.05) is 11.1 Å². The standard InChI is InChI=1S/C6H7ClN2S/c1-8-10-5-2-3-6(7)9-4-5/h2-4,8H,1H3. The number of nitrogens with one attached hydrogen (secondary N) is 1. The van der Waals surface area contributed by atoms with Crippen LogP contribution in [0.3, 0.4) is 0 Å². The molecule has 0 aliphatic heterocycles. The zero-order valence-electron chi connectivity index (χ0n) is 5.47. The van der Waals surface area contributed by atoms with Crippen molar-refractivity contribution in [3.05, 3.63) is 23.5 Å². The lowest BCUT2D eigenvalue weighted by atomic mass is 10.5. The van der Waals surface area contributed by atoms with Crippen LogP contribution in [-0.4, -0.2) is 12.0 Å². The van der Waals surface area contributed by atoms with Crippen molar-refractivity contribution in [3.63, 3.8) is 0 Å². The molecule has 2 nitrogen and oxygen atoms in total. The molecule has 4 heteroatoms. The summed E-state index contributed by atoms with van der Waals surface area (Å²) in [6, 6.07) is 3.68. The second kappa shape index (κ2) is 3.81. The maximum Gasteiger partial charge on any atom is 0.129 e. The van der Waals surface area contributed by atoms with E-state index in [1.807, 2.05) is 13.1 Å². The van der Waals surface area contributed by atoms with E-state index < -0.39 is 0 Å². The van der Waals surface area contributed by atoms with Gasteiger partial charge in [0.1, 0.15) is 5.15 Å². The highest BCUT2D eigenvalue weighted by molar-refractivity contribution is 7.97. The van der Waals surface area contributed by atoms with Crippen molar-refractivity contribution in [1.29, 1.82) is 0 Å². The summed E-state index contributed by atoms with van der Waals surface area (Å²) >= 11 is 7.08. The minimum Gasteiger partial charge on any atom is -0.263 e. The average molecular weight is 175 g/mol. The molecule has 0 saturated carbocycles. The highest BCUT2D eigenvalue weighted by atomic mass is 35.5. The van der Waals surface area contributed by atoms with Gasteiger partial charge in [0.05, 0.1) is 0 Å². The van der Waals surface area contributed by atoms with Crippen LogP contribution in [0.1, 0.15) is 0 Å². The summed E-state index contributed by atoms with van der Waals surface area (Å²) in [5.41, 5.74) is 0. The quantitative estimate of drug-likeness (QED) is 0.548. The molecule has 0 saturated heterocycles. The van der Waals surface area contributed by atoms with Crippen LogP contribution >= 0.6 is 23.5 Å². The van der Waals surface area contributed by atoms with Crippen LogP contribution in [0.25, 0.3) is 0 Å². The Morgan fingerprint density at radius 2 is 2.40 bits per heavy atom. The molecule has 0 fully saturated rings. The average Bonchev–Trinajstić information content (AvgIpc) is 1.95. The van der Waals surface area contributed by atoms with Crippen molar-refractivity contribution < 1.29 is 0 Å². The summed E-state index contributed by atoms with van der Waals surface area (Å²) in [5.74, 6) is 0. The van der Waals surface area contributed by atoms with E-state index in [2.05, 4.69) is 9.71 Å². The Hall–Kier alpha value is -0.250. The fraction of sp³-hybridized carbons (Fsp3) is 0.167. The number of pyridine rings is 1. The maximum absolute atomic E-state index is 5.57. The Morgan fingerprint density at radius 1 is 1.60 bits per heavy atom. The molecule has 0 aliphatic carbocycles. The fourth-order valence-electron chi connectivity index (χ4n) is 0.540. The fourth-order valence-corrected chi connectivity index (χ4v) is 1.13. The molecule has 1 rings (SSSR count). The molecule has 1 heterocycles. The Kier molecular flexibility index (Phi) is 2.99. The second-order valence-corrected chi connectivity index (χ2v) is 3.09. The van der Waals surface area contributed by atoms with Gasteiger partial charge in [0.25, 0.3) is 0 Å². The van der Waals surface area contributed by atoms with Gasteiger partial charge in [-0.25, -0.2) is 4.98 Å². The Balaban J connectivity index is 2.69. The monoisotopic (exact) mass is 174 g/mol. The van der Waals surface area contributed by atoms with Crippen LogP contribution in [-0.2, 0) is 0 Å². The summed E-state index contributed by atoms with van der Waals surface area (Å²) in [6.45, 7) is 0. The zero-order chi connectivity index (χ0) is 7.40. The van der Waals surface area contributed by atoms with Crippen molar-refractivity contribution in [2.24, 2.45) is 0 Å². The molecule has 1 aromatic heterocycles. The van der Waals surface area contributed by atoms with Gasteiger partial charge in [0.15, 0.2) is 0 Å². The normalized spacial score (nSPS) is 9.80. The summed E-state index contributed by atoms with van der Waals surface area (Å²) < 4.78 is 2.94. The van der Waals surface area contributed by atoms with Crippen molar-refractivity contribution >= 4 is 23.5 Å². The molecule has 0 amide bonds. The van der Waals surface area contributed by atoms with Gasteiger partial charge < -0.3 is 0 Å². The summed E-state index contributed by atoms with van der Waals surface area (Å²) in [6.07, 6.45) is 1.73. The first-order chi connectivity index (χ1) is 4.83. The number of hydrogen-bond donors (Lipinski definition) is 1. The minimum atomic E-state index is 0.528. The minimum absolute atomic E-state index is 0.528. The third-order valence-electron chi connectivity index (χ3n) is 0.920. The summed E-state index contributed by atoms with van der Waals surface area (Å²) in [4.78, 5) is 4.96. The molecule has 10 heavy (non-hydrogen) atoms. The van der Waals surface area contributed by atoms with Crippen molar-refractivity contribution in [2.75, 3.05) is 7.05 Å². The van der Waals surface area contributed by atoms with Gasteiger partial charge in [-0.2, -0.15) is 0 Å². The molecular formula is C6H7ClN2S. The first-order valence-corrected chi connectivity index (χ1v) is 3.97. The molecule has 0 aliphatic rings. The molecule has 0 spiro atoms. The number of nitrogens with zero attached hydrogens (tertiary/aromatic N) is 1. The van der Waals surface area contributed by atoms with E-state index in [1.165, 1.54) is 11.9 Å². The molecule has 0 radical (unpaired) electrons. The maximum atomic E-state index is 5.57. The highest BCUT2D eigenvalue weighted by Gasteiger charge is 1.90. The summed E-state index contributed by atoms with van der Waals surface area (Å²) in [5, 5.41) is 0.528.